The lowest BCUT2D eigenvalue weighted by molar-refractivity contribution is -0.120. The summed E-state index contributed by atoms with van der Waals surface area (Å²) in [7, 11) is 0. The Morgan fingerprint density at radius 1 is 1.24 bits per heavy atom. The molecule has 8 heteroatoms. The molecule has 25 heavy (non-hydrogen) atoms. The average molecular weight is 360 g/mol. The number of nitrogens with zero attached hydrogens (tertiary/aromatic N) is 4. The highest BCUT2D eigenvalue weighted by Crippen LogP contribution is 2.24. The Hall–Kier alpha value is -2.48. The number of halogens is 1. The molecule has 2 aromatic rings. The van der Waals surface area contributed by atoms with E-state index in [9.17, 15) is 14.0 Å². The quantitative estimate of drug-likeness (QED) is 0.782. The van der Waals surface area contributed by atoms with Gasteiger partial charge in [-0.05, 0) is 17.9 Å². The molecule has 0 radical (unpaired) electrons. The van der Waals surface area contributed by atoms with E-state index in [1.165, 1.54) is 9.80 Å². The van der Waals surface area contributed by atoms with Crippen LogP contribution in [0.25, 0.3) is 0 Å². The number of hydrogen-bond donors (Lipinski definition) is 0. The fourth-order valence-electron chi connectivity index (χ4n) is 2.60. The molecule has 1 aliphatic rings. The average Bonchev–Trinajstić information content (AvgIpc) is 2.63. The van der Waals surface area contributed by atoms with Gasteiger partial charge in [0.05, 0.1) is 18.0 Å². The molecule has 0 saturated carbocycles. The number of benzene rings is 1. The first-order valence-electron chi connectivity index (χ1n) is 7.89. The number of carbonyl (C=O) groups is 2. The van der Waals surface area contributed by atoms with Gasteiger partial charge in [0.25, 0.3) is 5.91 Å². The van der Waals surface area contributed by atoms with E-state index in [2.05, 4.69) is 9.97 Å². The molecule has 1 aromatic carbocycles. The van der Waals surface area contributed by atoms with Gasteiger partial charge in [-0.1, -0.05) is 19.1 Å². The Labute approximate surface area is 149 Å². The van der Waals surface area contributed by atoms with E-state index in [0.717, 1.165) is 23.0 Å². The maximum atomic E-state index is 12.9. The van der Waals surface area contributed by atoms with Crippen molar-refractivity contribution in [3.8, 4) is 0 Å². The maximum absolute atomic E-state index is 12.9. The Kier molecular flexibility index (Phi) is 5.28. The minimum Gasteiger partial charge on any atom is -0.327 e. The number of anilines is 1. The molecular formula is C17H17FN4O2S. The second-order valence-electron chi connectivity index (χ2n) is 5.40. The summed E-state index contributed by atoms with van der Waals surface area (Å²) in [6.45, 7) is 2.62. The molecule has 1 aliphatic heterocycles. The van der Waals surface area contributed by atoms with E-state index >= 15 is 0 Å². The normalized spacial score (nSPS) is 14.7. The lowest BCUT2D eigenvalue weighted by atomic mass is 10.2. The maximum Gasteiger partial charge on any atom is 0.255 e. The van der Waals surface area contributed by atoms with Crippen LogP contribution in [0.4, 0.5) is 10.3 Å². The summed E-state index contributed by atoms with van der Waals surface area (Å²) < 4.78 is 12.9. The van der Waals surface area contributed by atoms with Crippen LogP contribution < -0.4 is 4.90 Å². The third kappa shape index (κ3) is 3.79. The summed E-state index contributed by atoms with van der Waals surface area (Å²) in [6, 6.07) is 7.40. The fourth-order valence-corrected chi connectivity index (χ4v) is 3.39. The Morgan fingerprint density at radius 3 is 2.64 bits per heavy atom. The van der Waals surface area contributed by atoms with Crippen molar-refractivity contribution in [3.63, 3.8) is 0 Å². The molecule has 1 fully saturated rings. The van der Waals surface area contributed by atoms with Crippen LogP contribution in [0.15, 0.2) is 41.6 Å². The molecule has 0 spiro atoms. The topological polar surface area (TPSA) is 66.4 Å². The lowest BCUT2D eigenvalue weighted by Crippen LogP contribution is -2.53. The number of rotatable bonds is 4. The molecule has 3 rings (SSSR count). The summed E-state index contributed by atoms with van der Waals surface area (Å²) in [5.41, 5.74) is 0.605. The van der Waals surface area contributed by atoms with Gasteiger partial charge in [0, 0.05) is 18.0 Å². The first-order valence-corrected chi connectivity index (χ1v) is 8.87. The van der Waals surface area contributed by atoms with E-state index in [4.69, 9.17) is 0 Å². The van der Waals surface area contributed by atoms with Crippen molar-refractivity contribution in [2.45, 2.75) is 11.8 Å². The Morgan fingerprint density at radius 2 is 1.96 bits per heavy atom. The number of thioether (sulfide) groups is 1. The van der Waals surface area contributed by atoms with Gasteiger partial charge >= 0.3 is 0 Å². The first kappa shape index (κ1) is 17.3. The van der Waals surface area contributed by atoms with Crippen LogP contribution in [-0.2, 0) is 4.79 Å². The van der Waals surface area contributed by atoms with Crippen LogP contribution in [-0.4, -0.2) is 52.1 Å². The van der Waals surface area contributed by atoms with Crippen LogP contribution in [0.1, 0.15) is 17.3 Å². The molecule has 6 nitrogen and oxygen atoms in total. The number of hydrogen-bond acceptors (Lipinski definition) is 5. The van der Waals surface area contributed by atoms with Crippen LogP contribution in [0.3, 0.4) is 0 Å². The van der Waals surface area contributed by atoms with Gasteiger partial charge in [0.15, 0.2) is 5.82 Å². The van der Waals surface area contributed by atoms with Crippen molar-refractivity contribution in [3.05, 3.63) is 48.0 Å². The van der Waals surface area contributed by atoms with E-state index in [0.29, 0.717) is 12.1 Å². The predicted octanol–water partition coefficient (Wildman–Crippen LogP) is 2.22. The smallest absolute Gasteiger partial charge is 0.255 e. The summed E-state index contributed by atoms with van der Waals surface area (Å²) in [5.74, 6) is 0.00530. The number of amides is 2. The van der Waals surface area contributed by atoms with Gasteiger partial charge in [-0.3, -0.25) is 14.5 Å². The molecular weight excluding hydrogens is 343 g/mol. The first-order chi connectivity index (χ1) is 12.1. The number of aromatic nitrogens is 2. The van der Waals surface area contributed by atoms with Crippen LogP contribution in [0, 0.1) is 5.82 Å². The molecule has 1 saturated heterocycles. The van der Waals surface area contributed by atoms with Gasteiger partial charge in [-0.15, -0.1) is 11.8 Å². The Bertz CT molecular complexity index is 784. The minimum absolute atomic E-state index is 0.0509. The van der Waals surface area contributed by atoms with Crippen LogP contribution >= 0.6 is 11.8 Å². The molecule has 0 aliphatic carbocycles. The molecule has 1 aromatic heterocycles. The van der Waals surface area contributed by atoms with Gasteiger partial charge in [-0.25, -0.2) is 14.4 Å². The largest absolute Gasteiger partial charge is 0.327 e. The minimum atomic E-state index is -0.560. The highest BCUT2D eigenvalue weighted by atomic mass is 32.2. The predicted molar refractivity (Wildman–Crippen MR) is 93.1 cm³/mol. The number of carbonyl (C=O) groups excluding carboxylic acids is 2. The molecule has 0 unspecified atom stereocenters. The zero-order valence-corrected chi connectivity index (χ0v) is 14.5. The van der Waals surface area contributed by atoms with Crippen molar-refractivity contribution in [1.29, 1.82) is 0 Å². The standard InChI is InChI=1S/C17H17FN4O2S/c1-2-25-14-6-4-3-5-13(14)16(24)21-7-8-22(15(23)11-21)17-19-9-12(18)10-20-17/h3-6,9-10H,2,7-8,11H2,1H3. The zero-order chi connectivity index (χ0) is 17.8. The van der Waals surface area contributed by atoms with Gasteiger partial charge in [0.2, 0.25) is 11.9 Å². The summed E-state index contributed by atoms with van der Waals surface area (Å²) >= 11 is 1.60. The highest BCUT2D eigenvalue weighted by molar-refractivity contribution is 7.99. The fraction of sp³-hybridized carbons (Fsp3) is 0.294. The van der Waals surface area contributed by atoms with Crippen molar-refractivity contribution >= 4 is 29.5 Å². The van der Waals surface area contributed by atoms with Gasteiger partial charge in [0.1, 0.15) is 6.54 Å². The number of piperazine rings is 1. The lowest BCUT2D eigenvalue weighted by Gasteiger charge is -2.33. The summed E-state index contributed by atoms with van der Waals surface area (Å²) in [5, 5.41) is 0. The third-order valence-electron chi connectivity index (χ3n) is 3.77. The Balaban J connectivity index is 1.73. The van der Waals surface area contributed by atoms with Crippen molar-refractivity contribution in [1.82, 2.24) is 14.9 Å². The van der Waals surface area contributed by atoms with Gasteiger partial charge < -0.3 is 4.90 Å². The summed E-state index contributed by atoms with van der Waals surface area (Å²) in [6.07, 6.45) is 2.04. The van der Waals surface area contributed by atoms with E-state index in [1.807, 2.05) is 25.1 Å². The van der Waals surface area contributed by atoms with E-state index in [-0.39, 0.29) is 30.9 Å². The SMILES string of the molecule is CCSc1ccccc1C(=O)N1CCN(c2ncc(F)cn2)C(=O)C1. The molecule has 0 bridgehead atoms. The molecule has 130 valence electrons. The van der Waals surface area contributed by atoms with E-state index < -0.39 is 5.82 Å². The zero-order valence-electron chi connectivity index (χ0n) is 13.7. The molecule has 2 heterocycles. The molecule has 0 atom stereocenters. The van der Waals surface area contributed by atoms with Crippen molar-refractivity contribution in [2.24, 2.45) is 0 Å². The van der Waals surface area contributed by atoms with E-state index in [1.54, 1.807) is 17.8 Å². The van der Waals surface area contributed by atoms with Crippen molar-refractivity contribution in [2.75, 3.05) is 30.3 Å². The van der Waals surface area contributed by atoms with Crippen LogP contribution in [0.2, 0.25) is 0 Å². The van der Waals surface area contributed by atoms with Crippen LogP contribution in [0.5, 0.6) is 0 Å². The molecule has 2 amide bonds. The van der Waals surface area contributed by atoms with Crippen molar-refractivity contribution < 1.29 is 14.0 Å². The second-order valence-corrected chi connectivity index (χ2v) is 6.71. The second kappa shape index (κ2) is 7.60. The van der Waals surface area contributed by atoms with Gasteiger partial charge in [-0.2, -0.15) is 0 Å². The third-order valence-corrected chi connectivity index (χ3v) is 4.73. The monoisotopic (exact) mass is 360 g/mol. The highest BCUT2D eigenvalue weighted by Gasteiger charge is 2.30. The molecule has 0 N–H and O–H groups in total. The summed E-state index contributed by atoms with van der Waals surface area (Å²) in [4.78, 5) is 36.6.